The summed E-state index contributed by atoms with van der Waals surface area (Å²) in [5.41, 5.74) is 11.4. The second kappa shape index (κ2) is 10.3. The van der Waals surface area contributed by atoms with Gasteiger partial charge < -0.3 is 5.73 Å². The van der Waals surface area contributed by atoms with Gasteiger partial charge in [0.15, 0.2) is 5.16 Å². The van der Waals surface area contributed by atoms with Gasteiger partial charge in [-0.05, 0) is 40.8 Å². The zero-order chi connectivity index (χ0) is 24.6. The molecule has 2 N–H and O–H groups in total. The van der Waals surface area contributed by atoms with Crippen molar-refractivity contribution in [3.8, 4) is 0 Å². The van der Waals surface area contributed by atoms with E-state index < -0.39 is 0 Å². The Hall–Kier alpha value is -2.22. The number of anilines is 1. The fraction of sp³-hybridized carbons (Fsp3) is 0.143. The van der Waals surface area contributed by atoms with Gasteiger partial charge in [-0.2, -0.15) is 0 Å². The summed E-state index contributed by atoms with van der Waals surface area (Å²) < 4.78 is 0. The lowest BCUT2D eigenvalue weighted by Crippen LogP contribution is -2.12. The first-order chi connectivity index (χ1) is 17.6. The van der Waals surface area contributed by atoms with E-state index in [0.717, 1.165) is 22.2 Å². The van der Waals surface area contributed by atoms with E-state index in [1.54, 1.807) is 11.3 Å². The number of hydrogen-bond donors (Lipinski definition) is 1. The summed E-state index contributed by atoms with van der Waals surface area (Å²) in [7, 11) is 0. The Labute approximate surface area is 232 Å². The largest absolute Gasteiger partial charge is 0.383 e. The topological polar surface area (TPSA) is 51.8 Å². The first kappa shape index (κ1) is 24.1. The second-order valence-electron chi connectivity index (χ2n) is 8.54. The highest BCUT2D eigenvalue weighted by Crippen LogP contribution is 2.56. The number of nitrogens with two attached hydrogens (primary N) is 1. The number of fused-ring (bicyclic) bond motifs is 3. The predicted octanol–water partition coefficient (Wildman–Crippen LogP) is 8.99. The fourth-order valence-electron chi connectivity index (χ4n) is 4.55. The Bertz CT molecular complexity index is 1520. The van der Waals surface area contributed by atoms with Gasteiger partial charge in [-0.15, -0.1) is 23.1 Å². The molecule has 5 aromatic rings. The standard InChI is InChI=1S/C28H21Cl2N3S3/c29-20-12-7-13-21(30)19(20)15-34-28-32-26(31)23-18-14-22(16-8-3-1-4-9-16)35-24(17-10-5-2-6-11-17)25(18)36-27(23)33-28/h1-13,22,24H,14-15H2,(H2,31,32,33)/t22-,24-/m0/s1. The molecular formula is C28H21Cl2N3S3. The minimum Gasteiger partial charge on any atom is -0.383 e. The van der Waals surface area contributed by atoms with Crippen molar-refractivity contribution in [2.24, 2.45) is 0 Å². The maximum absolute atomic E-state index is 6.61. The Morgan fingerprint density at radius 1 is 0.861 bits per heavy atom. The third kappa shape index (κ3) is 4.61. The van der Waals surface area contributed by atoms with Crippen LogP contribution >= 0.6 is 58.1 Å². The van der Waals surface area contributed by atoms with Crippen LogP contribution in [0.15, 0.2) is 84.0 Å². The molecule has 3 aromatic carbocycles. The van der Waals surface area contributed by atoms with E-state index in [1.165, 1.54) is 33.3 Å². The molecule has 2 aromatic heterocycles. The fourth-order valence-corrected chi connectivity index (χ4v) is 9.22. The average Bonchev–Trinajstić information content (AvgIpc) is 3.28. The van der Waals surface area contributed by atoms with Crippen LogP contribution < -0.4 is 5.73 Å². The number of thiophene rings is 1. The number of aromatic nitrogens is 2. The molecule has 180 valence electrons. The van der Waals surface area contributed by atoms with E-state index in [2.05, 4.69) is 60.7 Å². The van der Waals surface area contributed by atoms with Gasteiger partial charge in [0.1, 0.15) is 10.6 Å². The lowest BCUT2D eigenvalue weighted by Gasteiger charge is -2.30. The first-order valence-corrected chi connectivity index (χ1v) is 15.0. The number of nitrogens with zero attached hydrogens (tertiary/aromatic N) is 2. The smallest absolute Gasteiger partial charge is 0.191 e. The lowest BCUT2D eigenvalue weighted by atomic mass is 9.98. The molecule has 0 unspecified atom stereocenters. The number of halogens is 2. The normalized spacial score (nSPS) is 17.3. The Morgan fingerprint density at radius 2 is 1.53 bits per heavy atom. The Morgan fingerprint density at radius 3 is 2.22 bits per heavy atom. The summed E-state index contributed by atoms with van der Waals surface area (Å²) in [6.45, 7) is 0. The van der Waals surface area contributed by atoms with Gasteiger partial charge in [0.2, 0.25) is 0 Å². The van der Waals surface area contributed by atoms with Gasteiger partial charge in [-0.3, -0.25) is 0 Å². The van der Waals surface area contributed by atoms with Crippen LogP contribution in [0.5, 0.6) is 0 Å². The zero-order valence-electron chi connectivity index (χ0n) is 19.0. The molecule has 2 atom stereocenters. The molecule has 1 aliphatic rings. The van der Waals surface area contributed by atoms with Crippen LogP contribution in [0.3, 0.4) is 0 Å². The van der Waals surface area contributed by atoms with Gasteiger partial charge in [-0.1, -0.05) is 102 Å². The number of thioether (sulfide) groups is 2. The van der Waals surface area contributed by atoms with Crippen molar-refractivity contribution >= 4 is 74.1 Å². The van der Waals surface area contributed by atoms with Crippen molar-refractivity contribution in [3.63, 3.8) is 0 Å². The molecule has 3 nitrogen and oxygen atoms in total. The number of nitrogen functional groups attached to an aromatic ring is 1. The molecular weight excluding hydrogens is 545 g/mol. The monoisotopic (exact) mass is 565 g/mol. The summed E-state index contributed by atoms with van der Waals surface area (Å²) >= 11 is 18.0. The quantitative estimate of drug-likeness (QED) is 0.170. The van der Waals surface area contributed by atoms with E-state index in [9.17, 15) is 0 Å². The maximum Gasteiger partial charge on any atom is 0.191 e. The van der Waals surface area contributed by atoms with E-state index in [0.29, 0.717) is 32.0 Å². The third-order valence-electron chi connectivity index (χ3n) is 6.30. The highest BCUT2D eigenvalue weighted by Gasteiger charge is 2.34. The molecule has 0 spiro atoms. The zero-order valence-corrected chi connectivity index (χ0v) is 23.0. The van der Waals surface area contributed by atoms with Crippen molar-refractivity contribution in [2.75, 3.05) is 5.73 Å². The van der Waals surface area contributed by atoms with Crippen LogP contribution in [0.25, 0.3) is 10.2 Å². The number of rotatable bonds is 5. The van der Waals surface area contributed by atoms with Crippen LogP contribution in [-0.4, -0.2) is 9.97 Å². The lowest BCUT2D eigenvalue weighted by molar-refractivity contribution is 0.893. The maximum atomic E-state index is 6.61. The molecule has 0 saturated heterocycles. The molecule has 6 rings (SSSR count). The van der Waals surface area contributed by atoms with E-state index in [-0.39, 0.29) is 5.25 Å². The van der Waals surface area contributed by atoms with Gasteiger partial charge in [0.25, 0.3) is 0 Å². The van der Waals surface area contributed by atoms with E-state index in [1.807, 2.05) is 30.0 Å². The molecule has 3 heterocycles. The van der Waals surface area contributed by atoms with E-state index in [4.69, 9.17) is 38.9 Å². The molecule has 8 heteroatoms. The molecule has 0 bridgehead atoms. The van der Waals surface area contributed by atoms with Crippen molar-refractivity contribution < 1.29 is 0 Å². The van der Waals surface area contributed by atoms with Crippen LogP contribution in [0.2, 0.25) is 10.0 Å². The second-order valence-corrected chi connectivity index (χ2v) is 12.6. The summed E-state index contributed by atoms with van der Waals surface area (Å²) in [6, 6.07) is 27.0. The SMILES string of the molecule is Nc1nc(SCc2c(Cl)cccc2Cl)nc2sc3c(c12)C[C@@H](c1ccccc1)S[C@H]3c1ccccc1. The molecule has 1 aliphatic heterocycles. The van der Waals surface area contributed by atoms with E-state index >= 15 is 0 Å². The third-order valence-corrected chi connectivity index (χ3v) is 10.8. The minimum atomic E-state index is 0.219. The van der Waals surface area contributed by atoms with Crippen LogP contribution in [0.1, 0.15) is 37.6 Å². The molecule has 0 amide bonds. The highest BCUT2D eigenvalue weighted by molar-refractivity contribution is 8.00. The predicted molar refractivity (Wildman–Crippen MR) is 157 cm³/mol. The molecule has 0 aliphatic carbocycles. The summed E-state index contributed by atoms with van der Waals surface area (Å²) in [4.78, 5) is 11.9. The van der Waals surface area contributed by atoms with Crippen molar-refractivity contribution in [1.29, 1.82) is 0 Å². The highest BCUT2D eigenvalue weighted by atomic mass is 35.5. The molecule has 0 fully saturated rings. The summed E-state index contributed by atoms with van der Waals surface area (Å²) in [5, 5.41) is 3.47. The molecule has 0 saturated carbocycles. The molecule has 0 radical (unpaired) electrons. The molecule has 36 heavy (non-hydrogen) atoms. The summed E-state index contributed by atoms with van der Waals surface area (Å²) in [6.07, 6.45) is 0.905. The van der Waals surface area contributed by atoms with Crippen molar-refractivity contribution in [3.05, 3.63) is 116 Å². The van der Waals surface area contributed by atoms with Crippen molar-refractivity contribution in [2.45, 2.75) is 27.8 Å². The summed E-state index contributed by atoms with van der Waals surface area (Å²) in [5.74, 6) is 1.11. The number of hydrogen-bond acceptors (Lipinski definition) is 6. The Kier molecular flexibility index (Phi) is 6.88. The average molecular weight is 567 g/mol. The van der Waals surface area contributed by atoms with Crippen LogP contribution in [0, 0.1) is 0 Å². The first-order valence-electron chi connectivity index (χ1n) is 11.5. The Balaban J connectivity index is 1.41. The van der Waals surface area contributed by atoms with Crippen LogP contribution in [0.4, 0.5) is 5.82 Å². The van der Waals surface area contributed by atoms with Gasteiger partial charge in [0, 0.05) is 25.9 Å². The van der Waals surface area contributed by atoms with Crippen LogP contribution in [-0.2, 0) is 12.2 Å². The van der Waals surface area contributed by atoms with Gasteiger partial charge in [0.05, 0.1) is 10.6 Å². The van der Waals surface area contributed by atoms with Gasteiger partial charge >= 0.3 is 0 Å². The minimum absolute atomic E-state index is 0.219. The van der Waals surface area contributed by atoms with Gasteiger partial charge in [-0.25, -0.2) is 9.97 Å². The van der Waals surface area contributed by atoms with Crippen molar-refractivity contribution in [1.82, 2.24) is 9.97 Å². The number of benzene rings is 3.